The SMILES string of the molecule is CN1CC2C(Cl)CC(Cl)CC2C(C2CCCC(S(=O)(=O)Cl)C2)C1. The summed E-state index contributed by atoms with van der Waals surface area (Å²) in [6, 6.07) is 0. The minimum Gasteiger partial charge on any atom is -0.306 e. The molecule has 1 aliphatic heterocycles. The van der Waals surface area contributed by atoms with Crippen molar-refractivity contribution in [1.82, 2.24) is 4.90 Å². The van der Waals surface area contributed by atoms with E-state index < -0.39 is 9.05 Å². The Bertz CT molecular complexity index is 529. The van der Waals surface area contributed by atoms with E-state index in [1.807, 2.05) is 0 Å². The van der Waals surface area contributed by atoms with Crippen molar-refractivity contribution in [3.8, 4) is 0 Å². The second-order valence-corrected chi connectivity index (χ2v) is 11.9. The zero-order valence-corrected chi connectivity index (χ0v) is 16.6. The summed E-state index contributed by atoms with van der Waals surface area (Å²) in [6.45, 7) is 2.05. The van der Waals surface area contributed by atoms with Crippen LogP contribution in [-0.2, 0) is 9.05 Å². The molecule has 3 rings (SSSR count). The third kappa shape index (κ3) is 4.13. The van der Waals surface area contributed by atoms with E-state index in [9.17, 15) is 8.42 Å². The number of nitrogens with zero attached hydrogens (tertiary/aromatic N) is 1. The summed E-state index contributed by atoms with van der Waals surface area (Å²) < 4.78 is 23.6. The molecule has 3 nitrogen and oxygen atoms in total. The topological polar surface area (TPSA) is 37.4 Å². The lowest BCUT2D eigenvalue weighted by Crippen LogP contribution is -2.53. The average molecular weight is 403 g/mol. The van der Waals surface area contributed by atoms with Crippen molar-refractivity contribution < 1.29 is 8.42 Å². The Kier molecular flexibility index (Phi) is 5.80. The Labute approximate surface area is 154 Å². The molecule has 0 aromatic carbocycles. The van der Waals surface area contributed by atoms with Gasteiger partial charge in [0.15, 0.2) is 0 Å². The fourth-order valence-electron chi connectivity index (χ4n) is 5.25. The van der Waals surface area contributed by atoms with Gasteiger partial charge in [-0.05, 0) is 56.4 Å². The molecule has 0 aromatic heterocycles. The van der Waals surface area contributed by atoms with Crippen LogP contribution in [0.1, 0.15) is 38.5 Å². The lowest BCUT2D eigenvalue weighted by Gasteiger charge is -2.51. The van der Waals surface area contributed by atoms with Crippen LogP contribution in [0.15, 0.2) is 0 Å². The summed E-state index contributed by atoms with van der Waals surface area (Å²) >= 11 is 13.1. The van der Waals surface area contributed by atoms with Crippen molar-refractivity contribution in [3.05, 3.63) is 0 Å². The van der Waals surface area contributed by atoms with Crippen LogP contribution in [0.3, 0.4) is 0 Å². The van der Waals surface area contributed by atoms with E-state index in [4.69, 9.17) is 33.9 Å². The second kappa shape index (κ2) is 7.19. The van der Waals surface area contributed by atoms with E-state index in [-0.39, 0.29) is 16.0 Å². The smallest absolute Gasteiger partial charge is 0.235 e. The summed E-state index contributed by atoms with van der Waals surface area (Å²) in [7, 11) is 4.34. The number of hydrogen-bond acceptors (Lipinski definition) is 3. The summed E-state index contributed by atoms with van der Waals surface area (Å²) in [5.41, 5.74) is 0. The Morgan fingerprint density at radius 2 is 1.65 bits per heavy atom. The molecule has 0 radical (unpaired) electrons. The molecule has 7 unspecified atom stereocenters. The molecule has 2 aliphatic carbocycles. The average Bonchev–Trinajstić information content (AvgIpc) is 2.47. The lowest BCUT2D eigenvalue weighted by molar-refractivity contribution is 0.0110. The third-order valence-corrected chi connectivity index (χ3v) is 9.13. The van der Waals surface area contributed by atoms with Gasteiger partial charge in [0.05, 0.1) is 5.25 Å². The lowest BCUT2D eigenvalue weighted by atomic mass is 9.63. The molecule has 1 heterocycles. The van der Waals surface area contributed by atoms with Crippen LogP contribution in [0.5, 0.6) is 0 Å². The van der Waals surface area contributed by atoms with Gasteiger partial charge >= 0.3 is 0 Å². The molecule has 134 valence electrons. The molecule has 3 aliphatic rings. The van der Waals surface area contributed by atoms with Crippen LogP contribution in [0.4, 0.5) is 0 Å². The number of likely N-dealkylation sites (tertiary alicyclic amines) is 1. The Hall–Kier alpha value is 0.780. The highest BCUT2D eigenvalue weighted by molar-refractivity contribution is 8.14. The van der Waals surface area contributed by atoms with Crippen molar-refractivity contribution in [2.24, 2.45) is 23.7 Å². The van der Waals surface area contributed by atoms with Crippen LogP contribution in [-0.4, -0.2) is 49.5 Å². The van der Waals surface area contributed by atoms with E-state index in [0.29, 0.717) is 36.5 Å². The maximum Gasteiger partial charge on any atom is 0.235 e. The predicted molar refractivity (Wildman–Crippen MR) is 97.0 cm³/mol. The van der Waals surface area contributed by atoms with Gasteiger partial charge in [0.2, 0.25) is 9.05 Å². The summed E-state index contributed by atoms with van der Waals surface area (Å²) in [6.07, 6.45) is 5.36. The van der Waals surface area contributed by atoms with Gasteiger partial charge in [0.25, 0.3) is 0 Å². The molecule has 0 amide bonds. The Morgan fingerprint density at radius 3 is 2.35 bits per heavy atom. The number of alkyl halides is 2. The van der Waals surface area contributed by atoms with E-state index in [1.165, 1.54) is 0 Å². The van der Waals surface area contributed by atoms with Crippen LogP contribution < -0.4 is 0 Å². The highest BCUT2D eigenvalue weighted by Gasteiger charge is 2.47. The van der Waals surface area contributed by atoms with Gasteiger partial charge in [0.1, 0.15) is 0 Å². The number of hydrogen-bond donors (Lipinski definition) is 0. The maximum absolute atomic E-state index is 11.8. The molecule has 3 fully saturated rings. The van der Waals surface area contributed by atoms with Gasteiger partial charge in [-0.2, -0.15) is 0 Å². The minimum atomic E-state index is -3.46. The van der Waals surface area contributed by atoms with E-state index in [1.54, 1.807) is 0 Å². The monoisotopic (exact) mass is 401 g/mol. The summed E-state index contributed by atoms with van der Waals surface area (Å²) in [5.74, 6) is 1.90. The summed E-state index contributed by atoms with van der Waals surface area (Å²) in [5, 5.41) is -0.0887. The van der Waals surface area contributed by atoms with Gasteiger partial charge in [-0.15, -0.1) is 23.2 Å². The van der Waals surface area contributed by atoms with Crippen LogP contribution >= 0.6 is 33.9 Å². The molecule has 7 atom stereocenters. The molecule has 23 heavy (non-hydrogen) atoms. The number of halogens is 3. The largest absolute Gasteiger partial charge is 0.306 e. The minimum absolute atomic E-state index is 0.137. The fourth-order valence-corrected chi connectivity index (χ4v) is 7.63. The zero-order valence-electron chi connectivity index (χ0n) is 13.5. The standard InChI is InChI=1S/C16H26Cl3NO2S/c1-20-8-14(10-3-2-4-12(5-10)23(19,21)22)13-6-11(17)7-16(18)15(13)9-20/h10-16H,2-9H2,1H3. The van der Waals surface area contributed by atoms with Crippen molar-refractivity contribution in [2.45, 2.75) is 54.5 Å². The summed E-state index contributed by atoms with van der Waals surface area (Å²) in [4.78, 5) is 2.37. The Balaban J connectivity index is 1.79. The van der Waals surface area contributed by atoms with Crippen molar-refractivity contribution >= 4 is 42.9 Å². The first-order valence-corrected chi connectivity index (χ1v) is 11.9. The maximum atomic E-state index is 11.8. The number of piperidine rings is 1. The normalized spacial score (nSPS) is 46.3. The van der Waals surface area contributed by atoms with Gasteiger partial charge < -0.3 is 4.90 Å². The first-order valence-electron chi connectivity index (χ1n) is 8.66. The zero-order chi connectivity index (χ0) is 16.8. The fraction of sp³-hybridized carbons (Fsp3) is 1.00. The molecule has 1 saturated heterocycles. The van der Waals surface area contributed by atoms with Gasteiger partial charge in [-0.1, -0.05) is 12.8 Å². The molecule has 7 heteroatoms. The first kappa shape index (κ1) is 18.6. The van der Waals surface area contributed by atoms with Crippen molar-refractivity contribution in [2.75, 3.05) is 20.1 Å². The first-order chi connectivity index (χ1) is 10.8. The van der Waals surface area contributed by atoms with E-state index in [2.05, 4.69) is 11.9 Å². The van der Waals surface area contributed by atoms with Crippen LogP contribution in [0, 0.1) is 23.7 Å². The molecule has 0 bridgehead atoms. The number of fused-ring (bicyclic) bond motifs is 1. The Morgan fingerprint density at radius 1 is 0.957 bits per heavy atom. The highest BCUT2D eigenvalue weighted by atomic mass is 35.7. The second-order valence-electron chi connectivity index (χ2n) is 7.82. The number of rotatable bonds is 2. The molecule has 2 saturated carbocycles. The van der Waals surface area contributed by atoms with Crippen LogP contribution in [0.25, 0.3) is 0 Å². The van der Waals surface area contributed by atoms with E-state index in [0.717, 1.165) is 38.8 Å². The van der Waals surface area contributed by atoms with Crippen LogP contribution in [0.2, 0.25) is 0 Å². The quantitative estimate of drug-likeness (QED) is 0.519. The highest BCUT2D eigenvalue weighted by Crippen LogP contribution is 2.48. The molecular weight excluding hydrogens is 377 g/mol. The molecule has 0 N–H and O–H groups in total. The molecule has 0 spiro atoms. The van der Waals surface area contributed by atoms with Crippen molar-refractivity contribution in [1.29, 1.82) is 0 Å². The third-order valence-electron chi connectivity index (χ3n) is 6.29. The molecule has 0 aromatic rings. The van der Waals surface area contributed by atoms with Gasteiger partial charge in [-0.25, -0.2) is 8.42 Å². The van der Waals surface area contributed by atoms with Gasteiger partial charge in [0, 0.05) is 34.5 Å². The predicted octanol–water partition coefficient (Wildman–Crippen LogP) is 3.92. The van der Waals surface area contributed by atoms with Gasteiger partial charge in [-0.3, -0.25) is 0 Å². The molecular formula is C16H26Cl3NO2S. The van der Waals surface area contributed by atoms with E-state index >= 15 is 0 Å². The van der Waals surface area contributed by atoms with Crippen molar-refractivity contribution in [3.63, 3.8) is 0 Å².